The van der Waals surface area contributed by atoms with Gasteiger partial charge in [-0.25, -0.2) is 13.6 Å². The molecule has 2 rings (SSSR count). The van der Waals surface area contributed by atoms with Crippen LogP contribution in [0.25, 0.3) is 0 Å². The van der Waals surface area contributed by atoms with E-state index < -0.39 is 17.7 Å². The molecule has 1 atom stereocenters. The molecule has 1 aromatic carbocycles. The van der Waals surface area contributed by atoms with Crippen LogP contribution in [0.5, 0.6) is 5.75 Å². The number of carbonyl (C=O) groups excluding carboxylic acids is 1. The SMILES string of the molecule is COc1cc(F)c(F)cc1NC(=O)NCCO[C@H]1CCCCO1. The molecule has 2 N–H and O–H groups in total. The summed E-state index contributed by atoms with van der Waals surface area (Å²) in [6, 6.07) is 1.16. The topological polar surface area (TPSA) is 68.8 Å². The van der Waals surface area contributed by atoms with Gasteiger partial charge in [0.25, 0.3) is 0 Å². The van der Waals surface area contributed by atoms with Crippen molar-refractivity contribution in [2.24, 2.45) is 0 Å². The van der Waals surface area contributed by atoms with E-state index in [1.165, 1.54) is 7.11 Å². The second-order valence-corrected chi connectivity index (χ2v) is 5.01. The summed E-state index contributed by atoms with van der Waals surface area (Å²) in [6.07, 6.45) is 2.73. The highest BCUT2D eigenvalue weighted by molar-refractivity contribution is 5.90. The third-order valence-corrected chi connectivity index (χ3v) is 3.32. The quantitative estimate of drug-likeness (QED) is 0.787. The summed E-state index contributed by atoms with van der Waals surface area (Å²) >= 11 is 0. The van der Waals surface area contributed by atoms with Crippen molar-refractivity contribution < 1.29 is 27.8 Å². The summed E-state index contributed by atoms with van der Waals surface area (Å²) in [5.41, 5.74) is 0.0421. The monoisotopic (exact) mass is 330 g/mol. The first kappa shape index (κ1) is 17.4. The number of halogens is 2. The minimum atomic E-state index is -1.07. The first-order valence-electron chi connectivity index (χ1n) is 7.41. The Bertz CT molecular complexity index is 536. The van der Waals surface area contributed by atoms with Gasteiger partial charge >= 0.3 is 6.03 Å². The Morgan fingerprint density at radius 3 is 2.83 bits per heavy atom. The largest absolute Gasteiger partial charge is 0.494 e. The van der Waals surface area contributed by atoms with Crippen molar-refractivity contribution in [1.82, 2.24) is 5.32 Å². The van der Waals surface area contributed by atoms with Gasteiger partial charge in [-0.1, -0.05) is 0 Å². The van der Waals surface area contributed by atoms with Crippen molar-refractivity contribution in [3.63, 3.8) is 0 Å². The first-order valence-corrected chi connectivity index (χ1v) is 7.41. The van der Waals surface area contributed by atoms with Crippen LogP contribution >= 0.6 is 0 Å². The van der Waals surface area contributed by atoms with E-state index in [-0.39, 0.29) is 24.3 Å². The van der Waals surface area contributed by atoms with E-state index in [1.54, 1.807) is 0 Å². The normalized spacial score (nSPS) is 17.6. The Balaban J connectivity index is 1.75. The molecule has 0 aromatic heterocycles. The smallest absolute Gasteiger partial charge is 0.319 e. The maximum atomic E-state index is 13.2. The lowest BCUT2D eigenvalue weighted by Crippen LogP contribution is -2.33. The summed E-state index contributed by atoms with van der Waals surface area (Å²) in [4.78, 5) is 11.7. The van der Waals surface area contributed by atoms with Gasteiger partial charge in [0.15, 0.2) is 17.9 Å². The lowest BCUT2D eigenvalue weighted by molar-refractivity contribution is -0.160. The number of benzene rings is 1. The molecule has 1 fully saturated rings. The van der Waals surface area contributed by atoms with Crippen LogP contribution in [0.15, 0.2) is 12.1 Å². The average Bonchev–Trinajstić information content (AvgIpc) is 2.56. The molecule has 6 nitrogen and oxygen atoms in total. The zero-order valence-electron chi connectivity index (χ0n) is 12.9. The first-order chi connectivity index (χ1) is 11.1. The predicted octanol–water partition coefficient (Wildman–Crippen LogP) is 2.64. The van der Waals surface area contributed by atoms with Gasteiger partial charge in [0.2, 0.25) is 0 Å². The van der Waals surface area contributed by atoms with Crippen LogP contribution in [0, 0.1) is 11.6 Å². The molecule has 0 radical (unpaired) electrons. The van der Waals surface area contributed by atoms with Gasteiger partial charge in [-0.3, -0.25) is 0 Å². The van der Waals surface area contributed by atoms with Crippen LogP contribution in [0.2, 0.25) is 0 Å². The number of urea groups is 1. The number of amides is 2. The molecule has 2 amide bonds. The van der Waals surface area contributed by atoms with Gasteiger partial charge in [-0.15, -0.1) is 0 Å². The van der Waals surface area contributed by atoms with Crippen LogP contribution < -0.4 is 15.4 Å². The lowest BCUT2D eigenvalue weighted by atomic mass is 10.2. The Kier molecular flexibility index (Phi) is 6.54. The van der Waals surface area contributed by atoms with Crippen molar-refractivity contribution in [3.8, 4) is 5.75 Å². The van der Waals surface area contributed by atoms with Gasteiger partial charge < -0.3 is 24.8 Å². The summed E-state index contributed by atoms with van der Waals surface area (Å²) in [5, 5.41) is 4.95. The minimum Gasteiger partial charge on any atom is -0.494 e. The Morgan fingerprint density at radius 1 is 1.35 bits per heavy atom. The molecule has 8 heteroatoms. The zero-order chi connectivity index (χ0) is 16.7. The Hall–Kier alpha value is -1.93. The third kappa shape index (κ3) is 5.33. The number of hydrogen-bond acceptors (Lipinski definition) is 4. The molecule has 0 aliphatic carbocycles. The minimum absolute atomic E-state index is 0.0332. The van der Waals surface area contributed by atoms with Crippen LogP contribution in [0.4, 0.5) is 19.3 Å². The summed E-state index contributed by atoms with van der Waals surface area (Å²) < 4.78 is 42.1. The van der Waals surface area contributed by atoms with E-state index in [1.807, 2.05) is 0 Å². The van der Waals surface area contributed by atoms with Crippen LogP contribution in [-0.2, 0) is 9.47 Å². The predicted molar refractivity (Wildman–Crippen MR) is 79.5 cm³/mol. The average molecular weight is 330 g/mol. The Labute approximate surface area is 133 Å². The highest BCUT2D eigenvalue weighted by Crippen LogP contribution is 2.26. The van der Waals surface area contributed by atoms with Crippen molar-refractivity contribution in [3.05, 3.63) is 23.8 Å². The van der Waals surface area contributed by atoms with Gasteiger partial charge in [-0.05, 0) is 19.3 Å². The molecular formula is C15H20F2N2O4. The zero-order valence-corrected chi connectivity index (χ0v) is 12.9. The fourth-order valence-electron chi connectivity index (χ4n) is 2.16. The van der Waals surface area contributed by atoms with E-state index in [0.717, 1.165) is 31.4 Å². The number of methoxy groups -OCH3 is 1. The van der Waals surface area contributed by atoms with Crippen molar-refractivity contribution >= 4 is 11.7 Å². The second kappa shape index (κ2) is 8.64. The third-order valence-electron chi connectivity index (χ3n) is 3.32. The van der Waals surface area contributed by atoms with Crippen LogP contribution in [0.3, 0.4) is 0 Å². The maximum absolute atomic E-state index is 13.2. The molecule has 0 spiro atoms. The highest BCUT2D eigenvalue weighted by Gasteiger charge is 2.15. The molecule has 1 heterocycles. The van der Waals surface area contributed by atoms with E-state index in [0.29, 0.717) is 13.2 Å². The van der Waals surface area contributed by atoms with Gasteiger partial charge in [0.05, 0.1) is 19.4 Å². The van der Waals surface area contributed by atoms with E-state index >= 15 is 0 Å². The number of rotatable bonds is 6. The number of nitrogens with one attached hydrogen (secondary N) is 2. The molecule has 1 saturated heterocycles. The number of ether oxygens (including phenoxy) is 3. The van der Waals surface area contributed by atoms with Crippen molar-refractivity contribution in [2.45, 2.75) is 25.6 Å². The summed E-state index contributed by atoms with van der Waals surface area (Å²) in [6.45, 7) is 1.25. The van der Waals surface area contributed by atoms with E-state index in [9.17, 15) is 13.6 Å². The molecule has 128 valence electrons. The van der Waals surface area contributed by atoms with Crippen molar-refractivity contribution in [2.75, 3.05) is 32.2 Å². The van der Waals surface area contributed by atoms with Crippen molar-refractivity contribution in [1.29, 1.82) is 0 Å². The molecule has 0 saturated carbocycles. The molecule has 23 heavy (non-hydrogen) atoms. The maximum Gasteiger partial charge on any atom is 0.319 e. The number of anilines is 1. The molecule has 1 aromatic rings. The van der Waals surface area contributed by atoms with Crippen LogP contribution in [-0.4, -0.2) is 39.2 Å². The standard InChI is InChI=1S/C15H20F2N2O4/c1-21-13-9-11(17)10(16)8-12(13)19-15(20)18-5-7-23-14-4-2-3-6-22-14/h8-9,14H,2-7H2,1H3,(H2,18,19,20)/t14-/m0/s1. The molecular weight excluding hydrogens is 310 g/mol. The molecule has 1 aliphatic heterocycles. The van der Waals surface area contributed by atoms with Crippen LogP contribution in [0.1, 0.15) is 19.3 Å². The highest BCUT2D eigenvalue weighted by atomic mass is 19.2. The molecule has 0 unspecified atom stereocenters. The molecule has 0 bridgehead atoms. The van der Waals surface area contributed by atoms with E-state index in [4.69, 9.17) is 14.2 Å². The van der Waals surface area contributed by atoms with Gasteiger partial charge in [-0.2, -0.15) is 0 Å². The second-order valence-electron chi connectivity index (χ2n) is 5.01. The fourth-order valence-corrected chi connectivity index (χ4v) is 2.16. The molecule has 1 aliphatic rings. The summed E-state index contributed by atoms with van der Waals surface area (Å²) in [7, 11) is 1.30. The van der Waals surface area contributed by atoms with E-state index in [2.05, 4.69) is 10.6 Å². The lowest BCUT2D eigenvalue weighted by Gasteiger charge is -2.22. The van der Waals surface area contributed by atoms with Gasteiger partial charge in [0, 0.05) is 25.3 Å². The fraction of sp³-hybridized carbons (Fsp3) is 0.533. The Morgan fingerprint density at radius 2 is 2.13 bits per heavy atom. The number of carbonyl (C=O) groups is 1. The van der Waals surface area contributed by atoms with Gasteiger partial charge in [0.1, 0.15) is 5.75 Å². The number of hydrogen-bond donors (Lipinski definition) is 2. The summed E-state index contributed by atoms with van der Waals surface area (Å²) in [5.74, 6) is -2.08.